The molecule has 2 atom stereocenters. The Morgan fingerprint density at radius 3 is 2.70 bits per heavy atom. The molecule has 0 aliphatic heterocycles. The lowest BCUT2D eigenvalue weighted by Gasteiger charge is -2.45. The number of rotatable bonds is 4. The number of hydrogen-bond donors (Lipinski definition) is 1. The maximum absolute atomic E-state index is 4.57. The van der Waals surface area contributed by atoms with Crippen LogP contribution in [0.2, 0.25) is 0 Å². The fourth-order valence-corrected chi connectivity index (χ4v) is 3.24. The van der Waals surface area contributed by atoms with Crippen molar-refractivity contribution in [3.05, 3.63) is 17.6 Å². The monoisotopic (exact) mass is 276 g/mol. The van der Waals surface area contributed by atoms with Crippen molar-refractivity contribution in [3.63, 3.8) is 0 Å². The standard InChI is InChI=1S/C16H28N4/c1-12-7-6-8-16(9-12,20(4)5)11-18-15-10-17-13(2)14(3)19-15/h10,12H,6-9,11H2,1-5H3,(H,18,19). The van der Waals surface area contributed by atoms with Crippen LogP contribution in [0, 0.1) is 19.8 Å². The van der Waals surface area contributed by atoms with Gasteiger partial charge in [0, 0.05) is 12.1 Å². The van der Waals surface area contributed by atoms with Crippen LogP contribution in [-0.2, 0) is 0 Å². The first-order chi connectivity index (χ1) is 9.43. The quantitative estimate of drug-likeness (QED) is 0.918. The summed E-state index contributed by atoms with van der Waals surface area (Å²) in [7, 11) is 4.40. The molecule has 1 aromatic heterocycles. The normalized spacial score (nSPS) is 26.8. The van der Waals surface area contributed by atoms with Gasteiger partial charge in [-0.1, -0.05) is 19.8 Å². The first-order valence-electron chi connectivity index (χ1n) is 7.64. The second-order valence-electron chi connectivity index (χ2n) is 6.60. The van der Waals surface area contributed by atoms with E-state index in [-0.39, 0.29) is 5.54 Å². The summed E-state index contributed by atoms with van der Waals surface area (Å²) in [6, 6.07) is 0. The largest absolute Gasteiger partial charge is 0.367 e. The Labute approximate surface area is 123 Å². The fraction of sp³-hybridized carbons (Fsp3) is 0.750. The molecule has 20 heavy (non-hydrogen) atoms. The predicted octanol–water partition coefficient (Wildman–Crippen LogP) is 3.02. The van der Waals surface area contributed by atoms with Crippen LogP contribution in [-0.4, -0.2) is 41.0 Å². The second-order valence-corrected chi connectivity index (χ2v) is 6.60. The van der Waals surface area contributed by atoms with Crippen LogP contribution in [0.5, 0.6) is 0 Å². The van der Waals surface area contributed by atoms with Crippen LogP contribution in [0.25, 0.3) is 0 Å². The van der Waals surface area contributed by atoms with Gasteiger partial charge in [-0.15, -0.1) is 0 Å². The van der Waals surface area contributed by atoms with E-state index < -0.39 is 0 Å². The highest BCUT2D eigenvalue weighted by atomic mass is 15.2. The Bertz CT molecular complexity index is 458. The number of aryl methyl sites for hydroxylation is 2. The lowest BCUT2D eigenvalue weighted by molar-refractivity contribution is 0.0881. The van der Waals surface area contributed by atoms with Gasteiger partial charge < -0.3 is 10.2 Å². The number of anilines is 1. The molecule has 0 bridgehead atoms. The molecular weight excluding hydrogens is 248 g/mol. The van der Waals surface area contributed by atoms with Gasteiger partial charge in [-0.05, 0) is 46.7 Å². The molecule has 0 amide bonds. The molecule has 4 heteroatoms. The van der Waals surface area contributed by atoms with Gasteiger partial charge in [-0.25, -0.2) is 4.98 Å². The van der Waals surface area contributed by atoms with Gasteiger partial charge in [0.15, 0.2) is 0 Å². The minimum Gasteiger partial charge on any atom is -0.367 e. The van der Waals surface area contributed by atoms with E-state index in [1.54, 1.807) is 0 Å². The summed E-state index contributed by atoms with van der Waals surface area (Å²) >= 11 is 0. The summed E-state index contributed by atoms with van der Waals surface area (Å²) < 4.78 is 0. The van der Waals surface area contributed by atoms with E-state index in [9.17, 15) is 0 Å². The third-order valence-corrected chi connectivity index (χ3v) is 4.81. The molecule has 1 fully saturated rings. The zero-order valence-electron chi connectivity index (χ0n) is 13.5. The van der Waals surface area contributed by atoms with Gasteiger partial charge >= 0.3 is 0 Å². The van der Waals surface area contributed by atoms with Gasteiger partial charge in [-0.2, -0.15) is 0 Å². The molecule has 112 valence electrons. The average molecular weight is 276 g/mol. The van der Waals surface area contributed by atoms with Crippen LogP contribution >= 0.6 is 0 Å². The van der Waals surface area contributed by atoms with Gasteiger partial charge in [0.1, 0.15) is 5.82 Å². The maximum Gasteiger partial charge on any atom is 0.144 e. The summed E-state index contributed by atoms with van der Waals surface area (Å²) in [6.07, 6.45) is 7.04. The highest BCUT2D eigenvalue weighted by Gasteiger charge is 2.36. The van der Waals surface area contributed by atoms with Crippen molar-refractivity contribution >= 4 is 5.82 Å². The van der Waals surface area contributed by atoms with E-state index in [0.29, 0.717) is 0 Å². The zero-order valence-corrected chi connectivity index (χ0v) is 13.5. The Balaban J connectivity index is 2.07. The highest BCUT2D eigenvalue weighted by molar-refractivity contribution is 5.34. The van der Waals surface area contributed by atoms with Crippen LogP contribution < -0.4 is 5.32 Å². The van der Waals surface area contributed by atoms with E-state index in [2.05, 4.69) is 41.2 Å². The summed E-state index contributed by atoms with van der Waals surface area (Å²) in [4.78, 5) is 11.4. The lowest BCUT2D eigenvalue weighted by Crippen LogP contribution is -2.52. The second kappa shape index (κ2) is 6.08. The zero-order chi connectivity index (χ0) is 14.8. The van der Waals surface area contributed by atoms with Gasteiger partial charge in [-0.3, -0.25) is 4.98 Å². The molecule has 2 unspecified atom stereocenters. The van der Waals surface area contributed by atoms with Crippen LogP contribution in [0.3, 0.4) is 0 Å². The molecular formula is C16H28N4. The van der Waals surface area contributed by atoms with E-state index in [1.807, 2.05) is 20.0 Å². The molecule has 1 aliphatic rings. The minimum atomic E-state index is 0.248. The Kier molecular flexibility index (Phi) is 4.63. The molecule has 1 heterocycles. The number of nitrogens with one attached hydrogen (secondary N) is 1. The molecule has 1 N–H and O–H groups in total. The first kappa shape index (κ1) is 15.2. The van der Waals surface area contributed by atoms with Crippen molar-refractivity contribution < 1.29 is 0 Å². The van der Waals surface area contributed by atoms with Crippen molar-refractivity contribution in [1.29, 1.82) is 0 Å². The molecule has 1 saturated carbocycles. The number of hydrogen-bond acceptors (Lipinski definition) is 4. The van der Waals surface area contributed by atoms with Crippen LogP contribution in [0.1, 0.15) is 44.0 Å². The molecule has 2 rings (SSSR count). The lowest BCUT2D eigenvalue weighted by atomic mass is 9.75. The maximum atomic E-state index is 4.57. The van der Waals surface area contributed by atoms with Crippen molar-refractivity contribution in [3.8, 4) is 0 Å². The third kappa shape index (κ3) is 3.29. The number of likely N-dealkylation sites (N-methyl/N-ethyl adjacent to an activating group) is 1. The molecule has 4 nitrogen and oxygen atoms in total. The van der Waals surface area contributed by atoms with Crippen LogP contribution in [0.15, 0.2) is 6.20 Å². The van der Waals surface area contributed by atoms with Crippen LogP contribution in [0.4, 0.5) is 5.82 Å². The highest BCUT2D eigenvalue weighted by Crippen LogP contribution is 2.35. The van der Waals surface area contributed by atoms with E-state index in [0.717, 1.165) is 29.7 Å². The van der Waals surface area contributed by atoms with Crippen molar-refractivity contribution in [2.75, 3.05) is 26.0 Å². The number of aromatic nitrogens is 2. The average Bonchev–Trinajstić information content (AvgIpc) is 2.40. The van der Waals surface area contributed by atoms with E-state index in [4.69, 9.17) is 0 Å². The van der Waals surface area contributed by atoms with E-state index >= 15 is 0 Å². The Morgan fingerprint density at radius 2 is 2.10 bits per heavy atom. The first-order valence-corrected chi connectivity index (χ1v) is 7.64. The molecule has 0 spiro atoms. The van der Waals surface area contributed by atoms with Gasteiger partial charge in [0.05, 0.1) is 17.6 Å². The van der Waals surface area contributed by atoms with Crippen molar-refractivity contribution in [1.82, 2.24) is 14.9 Å². The summed E-state index contributed by atoms with van der Waals surface area (Å²) in [5, 5.41) is 3.51. The summed E-state index contributed by atoms with van der Waals surface area (Å²) in [5.74, 6) is 1.70. The summed E-state index contributed by atoms with van der Waals surface area (Å²) in [6.45, 7) is 7.32. The summed E-state index contributed by atoms with van der Waals surface area (Å²) in [5.41, 5.74) is 2.26. The fourth-order valence-electron chi connectivity index (χ4n) is 3.24. The Morgan fingerprint density at radius 1 is 1.35 bits per heavy atom. The Hall–Kier alpha value is -1.16. The molecule has 1 aromatic rings. The molecule has 0 radical (unpaired) electrons. The smallest absolute Gasteiger partial charge is 0.144 e. The molecule has 1 aliphatic carbocycles. The SMILES string of the molecule is Cc1ncc(NCC2(N(C)C)CCCC(C)C2)nc1C. The predicted molar refractivity (Wildman–Crippen MR) is 84.0 cm³/mol. The van der Waals surface area contributed by atoms with E-state index in [1.165, 1.54) is 25.7 Å². The van der Waals surface area contributed by atoms with Gasteiger partial charge in [0.25, 0.3) is 0 Å². The molecule has 0 saturated heterocycles. The molecule has 0 aromatic carbocycles. The minimum absolute atomic E-state index is 0.248. The van der Waals surface area contributed by atoms with Crippen molar-refractivity contribution in [2.24, 2.45) is 5.92 Å². The third-order valence-electron chi connectivity index (χ3n) is 4.81. The number of nitrogens with zero attached hydrogens (tertiary/aromatic N) is 3. The van der Waals surface area contributed by atoms with Crippen molar-refractivity contribution in [2.45, 2.75) is 52.0 Å². The topological polar surface area (TPSA) is 41.1 Å². The van der Waals surface area contributed by atoms with Gasteiger partial charge in [0.2, 0.25) is 0 Å².